The molecule has 0 radical (unpaired) electrons. The third kappa shape index (κ3) is 3.35. The van der Waals surface area contributed by atoms with Crippen LogP contribution in [0.2, 0.25) is 0 Å². The van der Waals surface area contributed by atoms with Crippen LogP contribution in [0.5, 0.6) is 0 Å². The molecule has 1 fully saturated rings. The first-order valence-corrected chi connectivity index (χ1v) is 6.41. The van der Waals surface area contributed by atoms with Gasteiger partial charge < -0.3 is 19.9 Å². The van der Waals surface area contributed by atoms with Gasteiger partial charge in [0, 0.05) is 25.8 Å². The number of morpholine rings is 1. The number of rotatable bonds is 4. The summed E-state index contributed by atoms with van der Waals surface area (Å²) in [6.45, 7) is 3.01. The monoisotopic (exact) mass is 265 g/mol. The van der Waals surface area contributed by atoms with Crippen molar-refractivity contribution in [2.75, 3.05) is 26.7 Å². The highest BCUT2D eigenvalue weighted by molar-refractivity contribution is 5.92. The number of aromatic nitrogens is 1. The van der Waals surface area contributed by atoms with Crippen LogP contribution in [0.25, 0.3) is 0 Å². The van der Waals surface area contributed by atoms with Crippen molar-refractivity contribution in [3.8, 4) is 0 Å². The lowest BCUT2D eigenvalue weighted by Crippen LogP contribution is -2.48. The van der Waals surface area contributed by atoms with Crippen LogP contribution in [0.3, 0.4) is 0 Å². The van der Waals surface area contributed by atoms with Crippen molar-refractivity contribution < 1.29 is 14.3 Å². The van der Waals surface area contributed by atoms with Crippen LogP contribution in [0, 0.1) is 0 Å². The van der Waals surface area contributed by atoms with Crippen LogP contribution in [0.15, 0.2) is 12.1 Å². The Kier molecular flexibility index (Phi) is 4.21. The van der Waals surface area contributed by atoms with Gasteiger partial charge in [-0.3, -0.25) is 9.59 Å². The maximum atomic E-state index is 11.9. The zero-order valence-electron chi connectivity index (χ0n) is 11.2. The topological polar surface area (TPSA) is 74.4 Å². The summed E-state index contributed by atoms with van der Waals surface area (Å²) in [5, 5.41) is 2.81. The Hall–Kier alpha value is -1.82. The predicted molar refractivity (Wildman–Crippen MR) is 69.9 cm³/mol. The van der Waals surface area contributed by atoms with Crippen LogP contribution in [-0.2, 0) is 16.0 Å². The lowest BCUT2D eigenvalue weighted by Gasteiger charge is -2.29. The number of hydrogen-bond acceptors (Lipinski definition) is 3. The van der Waals surface area contributed by atoms with E-state index in [1.54, 1.807) is 18.0 Å². The Morgan fingerprint density at radius 1 is 1.58 bits per heavy atom. The number of likely N-dealkylation sites (N-methyl/N-ethyl adjacent to an activating group) is 1. The molecule has 1 aliphatic rings. The molecule has 104 valence electrons. The fourth-order valence-corrected chi connectivity index (χ4v) is 1.96. The fourth-order valence-electron chi connectivity index (χ4n) is 1.96. The van der Waals surface area contributed by atoms with Gasteiger partial charge in [0.15, 0.2) is 0 Å². The Balaban J connectivity index is 1.82. The Morgan fingerprint density at radius 3 is 3.00 bits per heavy atom. The highest BCUT2D eigenvalue weighted by atomic mass is 16.5. The first-order chi connectivity index (χ1) is 9.10. The van der Waals surface area contributed by atoms with Crippen LogP contribution in [-0.4, -0.2) is 54.5 Å². The molecule has 0 unspecified atom stereocenters. The maximum Gasteiger partial charge on any atom is 0.267 e. The molecule has 0 aromatic carbocycles. The molecular formula is C13H19N3O3. The van der Waals surface area contributed by atoms with E-state index in [1.165, 1.54) is 0 Å². The second-order valence-corrected chi connectivity index (χ2v) is 4.67. The molecule has 6 nitrogen and oxygen atoms in total. The summed E-state index contributed by atoms with van der Waals surface area (Å²) in [7, 11) is 1.73. The minimum atomic E-state index is -0.150. The molecule has 1 saturated heterocycles. The Labute approximate surface area is 112 Å². The van der Waals surface area contributed by atoms with Gasteiger partial charge in [-0.25, -0.2) is 0 Å². The van der Waals surface area contributed by atoms with E-state index in [0.29, 0.717) is 18.8 Å². The molecule has 1 aliphatic heterocycles. The van der Waals surface area contributed by atoms with Crippen molar-refractivity contribution in [2.24, 2.45) is 0 Å². The number of carbonyl (C=O) groups is 2. The zero-order chi connectivity index (χ0) is 13.8. The van der Waals surface area contributed by atoms with Crippen molar-refractivity contribution in [1.82, 2.24) is 15.2 Å². The van der Waals surface area contributed by atoms with E-state index in [-0.39, 0.29) is 24.5 Å². The van der Waals surface area contributed by atoms with Crippen molar-refractivity contribution in [2.45, 2.75) is 19.4 Å². The van der Waals surface area contributed by atoms with Crippen LogP contribution >= 0.6 is 0 Å². The highest BCUT2D eigenvalue weighted by Crippen LogP contribution is 2.05. The predicted octanol–water partition coefficient (Wildman–Crippen LogP) is 0.164. The van der Waals surface area contributed by atoms with Gasteiger partial charge in [-0.15, -0.1) is 0 Å². The quantitative estimate of drug-likeness (QED) is 0.814. The molecule has 6 heteroatoms. The molecule has 2 amide bonds. The summed E-state index contributed by atoms with van der Waals surface area (Å²) >= 11 is 0. The summed E-state index contributed by atoms with van der Waals surface area (Å²) in [6.07, 6.45) is 0.721. The Morgan fingerprint density at radius 2 is 2.37 bits per heavy atom. The number of carbonyl (C=O) groups excluding carboxylic acids is 2. The molecule has 0 saturated carbocycles. The molecule has 1 aromatic heterocycles. The van der Waals surface area contributed by atoms with Gasteiger partial charge in [0.2, 0.25) is 5.91 Å². The first-order valence-electron chi connectivity index (χ1n) is 6.41. The first kappa shape index (κ1) is 13.6. The Bertz CT molecular complexity index is 469. The van der Waals surface area contributed by atoms with E-state index >= 15 is 0 Å². The summed E-state index contributed by atoms with van der Waals surface area (Å²) in [5.41, 5.74) is 1.58. The van der Waals surface area contributed by atoms with E-state index in [4.69, 9.17) is 4.74 Å². The number of H-pyrrole nitrogens is 1. The third-order valence-corrected chi connectivity index (χ3v) is 3.21. The van der Waals surface area contributed by atoms with Gasteiger partial charge >= 0.3 is 0 Å². The number of nitrogens with zero attached hydrogens (tertiary/aromatic N) is 1. The lowest BCUT2D eigenvalue weighted by molar-refractivity contribution is -0.146. The van der Waals surface area contributed by atoms with Crippen molar-refractivity contribution in [3.05, 3.63) is 23.5 Å². The van der Waals surface area contributed by atoms with Gasteiger partial charge in [-0.1, -0.05) is 6.92 Å². The molecule has 2 heterocycles. The van der Waals surface area contributed by atoms with Gasteiger partial charge in [0.05, 0.1) is 6.10 Å². The molecule has 19 heavy (non-hydrogen) atoms. The van der Waals surface area contributed by atoms with Crippen molar-refractivity contribution in [3.63, 3.8) is 0 Å². The molecule has 0 spiro atoms. The van der Waals surface area contributed by atoms with E-state index in [0.717, 1.165) is 12.1 Å². The molecule has 0 aliphatic carbocycles. The summed E-state index contributed by atoms with van der Waals surface area (Å²) in [5.74, 6) is -0.178. The largest absolute Gasteiger partial charge is 0.365 e. The standard InChI is InChI=1S/C13H19N3O3/c1-3-9-4-5-11(15-9)13(18)14-6-10-7-16(2)12(17)8-19-10/h4-5,10,15H,3,6-8H2,1-2H3,(H,14,18)/t10-/m1/s1. The summed E-state index contributed by atoms with van der Waals surface area (Å²) < 4.78 is 5.36. The SMILES string of the molecule is CCc1ccc(C(=O)NC[C@@H]2CN(C)C(=O)CO2)[nH]1. The second kappa shape index (κ2) is 5.88. The van der Waals surface area contributed by atoms with E-state index in [2.05, 4.69) is 10.3 Å². The maximum absolute atomic E-state index is 11.9. The van der Waals surface area contributed by atoms with Gasteiger partial charge in [-0.05, 0) is 18.6 Å². The number of aromatic amines is 1. The van der Waals surface area contributed by atoms with Gasteiger partial charge in [-0.2, -0.15) is 0 Å². The minimum absolute atomic E-state index is 0.0282. The molecule has 2 N–H and O–H groups in total. The second-order valence-electron chi connectivity index (χ2n) is 4.67. The van der Waals surface area contributed by atoms with Crippen molar-refractivity contribution >= 4 is 11.8 Å². The normalized spacial score (nSPS) is 19.6. The lowest BCUT2D eigenvalue weighted by atomic mass is 10.2. The molecule has 1 atom stereocenters. The fraction of sp³-hybridized carbons (Fsp3) is 0.538. The van der Waals surface area contributed by atoms with Crippen LogP contribution < -0.4 is 5.32 Å². The molecular weight excluding hydrogens is 246 g/mol. The number of nitrogens with one attached hydrogen (secondary N) is 2. The number of amides is 2. The average Bonchev–Trinajstić information content (AvgIpc) is 2.88. The van der Waals surface area contributed by atoms with Crippen LogP contribution in [0.4, 0.5) is 0 Å². The van der Waals surface area contributed by atoms with Gasteiger partial charge in [0.25, 0.3) is 5.91 Å². The number of ether oxygens (including phenoxy) is 1. The highest BCUT2D eigenvalue weighted by Gasteiger charge is 2.23. The minimum Gasteiger partial charge on any atom is -0.365 e. The van der Waals surface area contributed by atoms with E-state index in [9.17, 15) is 9.59 Å². The summed E-state index contributed by atoms with van der Waals surface area (Å²) in [4.78, 5) is 27.8. The van der Waals surface area contributed by atoms with Crippen LogP contribution in [0.1, 0.15) is 23.1 Å². The van der Waals surface area contributed by atoms with E-state index in [1.807, 2.05) is 13.0 Å². The van der Waals surface area contributed by atoms with Gasteiger partial charge in [0.1, 0.15) is 12.3 Å². The molecule has 1 aromatic rings. The number of hydrogen-bond donors (Lipinski definition) is 2. The third-order valence-electron chi connectivity index (χ3n) is 3.21. The van der Waals surface area contributed by atoms with Crippen molar-refractivity contribution in [1.29, 1.82) is 0 Å². The zero-order valence-corrected chi connectivity index (χ0v) is 11.2. The smallest absolute Gasteiger partial charge is 0.267 e. The number of aryl methyl sites for hydroxylation is 1. The molecule has 0 bridgehead atoms. The average molecular weight is 265 g/mol. The van der Waals surface area contributed by atoms with E-state index < -0.39 is 0 Å². The molecule has 2 rings (SSSR count). The summed E-state index contributed by atoms with van der Waals surface area (Å²) in [6, 6.07) is 3.67.